The fourth-order valence-electron chi connectivity index (χ4n) is 3.28. The van der Waals surface area contributed by atoms with Crippen LogP contribution in [0.3, 0.4) is 0 Å². The van der Waals surface area contributed by atoms with Gasteiger partial charge in [0.2, 0.25) is 5.91 Å². The maximum absolute atomic E-state index is 12.3. The number of rotatable bonds is 6. The Bertz CT molecular complexity index is 528. The summed E-state index contributed by atoms with van der Waals surface area (Å²) in [5.74, 6) is 1.28. The third-order valence-electron chi connectivity index (χ3n) is 5.03. The van der Waals surface area contributed by atoms with Gasteiger partial charge in [0, 0.05) is 23.4 Å². The van der Waals surface area contributed by atoms with Crippen LogP contribution in [0.15, 0.2) is 24.3 Å². The zero-order valence-electron chi connectivity index (χ0n) is 14.9. The number of hydrogen-bond acceptors (Lipinski definition) is 2. The first-order valence-corrected chi connectivity index (χ1v) is 9.00. The predicted molar refractivity (Wildman–Crippen MR) is 104 cm³/mol. The lowest BCUT2D eigenvalue weighted by molar-refractivity contribution is -0.122. The first kappa shape index (κ1) is 21.3. The molecule has 3 nitrogen and oxygen atoms in total. The van der Waals surface area contributed by atoms with Crippen LogP contribution in [0.1, 0.15) is 45.6 Å². The van der Waals surface area contributed by atoms with E-state index < -0.39 is 0 Å². The summed E-state index contributed by atoms with van der Waals surface area (Å²) < 4.78 is 0. The summed E-state index contributed by atoms with van der Waals surface area (Å²) in [6.07, 6.45) is 2.99. The van der Waals surface area contributed by atoms with Crippen molar-refractivity contribution in [3.63, 3.8) is 0 Å². The largest absolute Gasteiger partial charge is 0.355 e. The van der Waals surface area contributed by atoms with Crippen molar-refractivity contribution in [3.8, 4) is 0 Å². The highest BCUT2D eigenvalue weighted by molar-refractivity contribution is 6.30. The van der Waals surface area contributed by atoms with Crippen LogP contribution >= 0.6 is 24.0 Å². The molecule has 2 rings (SSSR count). The number of piperidine rings is 1. The lowest BCUT2D eigenvalue weighted by Crippen LogP contribution is -2.38. The first-order valence-electron chi connectivity index (χ1n) is 8.62. The standard InChI is InChI=1S/C19H29ClN2O.ClH/c1-14(15-7-9-21-10-8-15)11-18(23)22-13-19(2,3)16-5-4-6-17(20)12-16;/h4-6,12,14-15,21H,7-11,13H2,1-3H3,(H,22,23);1H. The van der Waals surface area contributed by atoms with E-state index in [2.05, 4.69) is 37.5 Å². The molecule has 1 atom stereocenters. The molecular weight excluding hydrogens is 343 g/mol. The monoisotopic (exact) mass is 372 g/mol. The lowest BCUT2D eigenvalue weighted by Gasteiger charge is -2.29. The molecule has 1 aromatic carbocycles. The van der Waals surface area contributed by atoms with Crippen molar-refractivity contribution in [2.75, 3.05) is 19.6 Å². The van der Waals surface area contributed by atoms with E-state index in [4.69, 9.17) is 11.6 Å². The molecule has 1 heterocycles. The zero-order chi connectivity index (χ0) is 16.9. The van der Waals surface area contributed by atoms with Crippen LogP contribution in [0.25, 0.3) is 0 Å². The third-order valence-corrected chi connectivity index (χ3v) is 5.26. The van der Waals surface area contributed by atoms with Gasteiger partial charge >= 0.3 is 0 Å². The van der Waals surface area contributed by atoms with E-state index in [1.54, 1.807) is 0 Å². The van der Waals surface area contributed by atoms with Gasteiger partial charge in [-0.1, -0.05) is 44.5 Å². The lowest BCUT2D eigenvalue weighted by atomic mass is 9.83. The van der Waals surface area contributed by atoms with E-state index in [9.17, 15) is 4.79 Å². The van der Waals surface area contributed by atoms with Crippen molar-refractivity contribution >= 4 is 29.9 Å². The summed E-state index contributed by atoms with van der Waals surface area (Å²) in [5, 5.41) is 7.23. The quantitative estimate of drug-likeness (QED) is 0.785. The summed E-state index contributed by atoms with van der Waals surface area (Å²) in [5.41, 5.74) is 1.02. The van der Waals surface area contributed by atoms with E-state index in [1.807, 2.05) is 18.2 Å². The van der Waals surface area contributed by atoms with Gasteiger partial charge in [-0.05, 0) is 55.5 Å². The van der Waals surface area contributed by atoms with E-state index in [0.29, 0.717) is 24.8 Å². The highest BCUT2D eigenvalue weighted by atomic mass is 35.5. The van der Waals surface area contributed by atoms with E-state index in [0.717, 1.165) is 23.7 Å². The molecule has 0 aromatic heterocycles. The first-order chi connectivity index (χ1) is 10.9. The van der Waals surface area contributed by atoms with Crippen LogP contribution in [-0.4, -0.2) is 25.5 Å². The van der Waals surface area contributed by atoms with Crippen molar-refractivity contribution in [2.45, 2.75) is 45.4 Å². The van der Waals surface area contributed by atoms with Gasteiger partial charge < -0.3 is 10.6 Å². The van der Waals surface area contributed by atoms with Crippen LogP contribution in [0, 0.1) is 11.8 Å². The Balaban J connectivity index is 0.00000288. The molecule has 1 saturated heterocycles. The molecule has 1 amide bonds. The molecule has 0 bridgehead atoms. The maximum Gasteiger partial charge on any atom is 0.220 e. The summed E-state index contributed by atoms with van der Waals surface area (Å²) in [7, 11) is 0. The second-order valence-corrected chi connectivity index (χ2v) is 7.88. The highest BCUT2D eigenvalue weighted by Gasteiger charge is 2.24. The molecular formula is C19H30Cl2N2O. The SMILES string of the molecule is CC(CC(=O)NCC(C)(C)c1cccc(Cl)c1)C1CCNCC1.Cl. The molecule has 1 aliphatic rings. The molecule has 24 heavy (non-hydrogen) atoms. The Morgan fingerprint density at radius 1 is 1.38 bits per heavy atom. The van der Waals surface area contributed by atoms with Crippen LogP contribution in [0.5, 0.6) is 0 Å². The Labute approximate surface area is 157 Å². The minimum absolute atomic E-state index is 0. The molecule has 5 heteroatoms. The smallest absolute Gasteiger partial charge is 0.220 e. The molecule has 0 saturated carbocycles. The number of benzene rings is 1. The Morgan fingerprint density at radius 2 is 2.04 bits per heavy atom. The summed E-state index contributed by atoms with van der Waals surface area (Å²) >= 11 is 6.08. The Morgan fingerprint density at radius 3 is 2.67 bits per heavy atom. The van der Waals surface area contributed by atoms with Gasteiger partial charge in [-0.3, -0.25) is 4.79 Å². The summed E-state index contributed by atoms with van der Waals surface area (Å²) in [6, 6.07) is 7.88. The molecule has 0 spiro atoms. The number of halogens is 2. The average molecular weight is 373 g/mol. The minimum Gasteiger partial charge on any atom is -0.355 e. The maximum atomic E-state index is 12.3. The van der Waals surface area contributed by atoms with Crippen LogP contribution in [-0.2, 0) is 10.2 Å². The second kappa shape index (κ2) is 9.65. The molecule has 1 unspecified atom stereocenters. The number of hydrogen-bond donors (Lipinski definition) is 2. The van der Waals surface area contributed by atoms with Crippen molar-refractivity contribution < 1.29 is 4.79 Å². The van der Waals surface area contributed by atoms with Crippen molar-refractivity contribution in [1.29, 1.82) is 0 Å². The van der Waals surface area contributed by atoms with Gasteiger partial charge in [-0.2, -0.15) is 0 Å². The number of carbonyl (C=O) groups is 1. The average Bonchev–Trinajstić information content (AvgIpc) is 2.54. The Kier molecular flexibility index (Phi) is 8.55. The topological polar surface area (TPSA) is 41.1 Å². The molecule has 136 valence electrons. The fourth-order valence-corrected chi connectivity index (χ4v) is 3.47. The highest BCUT2D eigenvalue weighted by Crippen LogP contribution is 2.26. The van der Waals surface area contributed by atoms with Crippen molar-refractivity contribution in [3.05, 3.63) is 34.9 Å². The molecule has 1 aliphatic heterocycles. The molecule has 2 N–H and O–H groups in total. The minimum atomic E-state index is -0.126. The van der Waals surface area contributed by atoms with Crippen molar-refractivity contribution in [1.82, 2.24) is 10.6 Å². The van der Waals surface area contributed by atoms with Gasteiger partial charge in [-0.15, -0.1) is 12.4 Å². The van der Waals surface area contributed by atoms with Crippen LogP contribution < -0.4 is 10.6 Å². The van der Waals surface area contributed by atoms with E-state index in [-0.39, 0.29) is 23.7 Å². The van der Waals surface area contributed by atoms with Crippen LogP contribution in [0.4, 0.5) is 0 Å². The second-order valence-electron chi connectivity index (χ2n) is 7.44. The number of nitrogens with one attached hydrogen (secondary N) is 2. The van der Waals surface area contributed by atoms with Gasteiger partial charge in [0.15, 0.2) is 0 Å². The van der Waals surface area contributed by atoms with Gasteiger partial charge in [0.25, 0.3) is 0 Å². The molecule has 1 aromatic rings. The van der Waals surface area contributed by atoms with Gasteiger partial charge in [-0.25, -0.2) is 0 Å². The number of carbonyl (C=O) groups excluding carboxylic acids is 1. The number of amides is 1. The molecule has 1 fully saturated rings. The van der Waals surface area contributed by atoms with Crippen molar-refractivity contribution in [2.24, 2.45) is 11.8 Å². The van der Waals surface area contributed by atoms with Gasteiger partial charge in [0.1, 0.15) is 0 Å². The molecule has 0 radical (unpaired) electrons. The van der Waals surface area contributed by atoms with E-state index in [1.165, 1.54) is 12.8 Å². The van der Waals surface area contributed by atoms with Gasteiger partial charge in [0.05, 0.1) is 0 Å². The third kappa shape index (κ3) is 6.27. The Hall–Kier alpha value is -0.770. The van der Waals surface area contributed by atoms with E-state index >= 15 is 0 Å². The normalized spacial score (nSPS) is 17.0. The fraction of sp³-hybridized carbons (Fsp3) is 0.632. The van der Waals surface area contributed by atoms with Crippen LogP contribution in [0.2, 0.25) is 5.02 Å². The summed E-state index contributed by atoms with van der Waals surface area (Å²) in [4.78, 5) is 12.3. The predicted octanol–water partition coefficient (Wildman–Crippen LogP) is 4.18. The molecule has 0 aliphatic carbocycles. The zero-order valence-corrected chi connectivity index (χ0v) is 16.5. The summed E-state index contributed by atoms with van der Waals surface area (Å²) in [6.45, 7) is 9.27.